The molecule has 0 radical (unpaired) electrons. The van der Waals surface area contributed by atoms with E-state index in [1.165, 1.54) is 32.1 Å². The molecule has 1 heterocycles. The van der Waals surface area contributed by atoms with Crippen LogP contribution in [0.1, 0.15) is 44.9 Å². The third kappa shape index (κ3) is 3.49. The van der Waals surface area contributed by atoms with Gasteiger partial charge in [-0.25, -0.2) is 0 Å². The minimum absolute atomic E-state index is 0.217. The van der Waals surface area contributed by atoms with Gasteiger partial charge in [-0.3, -0.25) is 4.79 Å². The van der Waals surface area contributed by atoms with Crippen molar-refractivity contribution < 1.29 is 9.53 Å². The predicted octanol–water partition coefficient (Wildman–Crippen LogP) is 1.86. The van der Waals surface area contributed by atoms with Crippen LogP contribution in [0.3, 0.4) is 0 Å². The van der Waals surface area contributed by atoms with E-state index in [1.54, 1.807) is 0 Å². The molecule has 1 aliphatic heterocycles. The summed E-state index contributed by atoms with van der Waals surface area (Å²) >= 11 is 0. The lowest BCUT2D eigenvalue weighted by atomic mass is 9.86. The molecule has 0 aromatic carbocycles. The van der Waals surface area contributed by atoms with Crippen molar-refractivity contribution in [1.29, 1.82) is 0 Å². The molecule has 86 valence electrons. The summed E-state index contributed by atoms with van der Waals surface area (Å²) in [6.45, 7) is 1.41. The summed E-state index contributed by atoms with van der Waals surface area (Å²) < 4.78 is 5.02. The van der Waals surface area contributed by atoms with Crippen LogP contribution in [-0.4, -0.2) is 25.2 Å². The van der Waals surface area contributed by atoms with Gasteiger partial charge in [0.2, 0.25) is 5.91 Å². The van der Waals surface area contributed by atoms with Gasteiger partial charge in [-0.1, -0.05) is 32.1 Å². The average Bonchev–Trinajstić information content (AvgIpc) is 2.22. The van der Waals surface area contributed by atoms with Crippen molar-refractivity contribution in [3.63, 3.8) is 0 Å². The molecule has 0 atom stereocenters. The van der Waals surface area contributed by atoms with Crippen LogP contribution < -0.4 is 5.32 Å². The normalized spacial score (nSPS) is 23.5. The minimum atomic E-state index is 0.217. The van der Waals surface area contributed by atoms with Crippen LogP contribution in [-0.2, 0) is 9.53 Å². The van der Waals surface area contributed by atoms with E-state index >= 15 is 0 Å². The van der Waals surface area contributed by atoms with Gasteiger partial charge in [0, 0.05) is 6.42 Å². The van der Waals surface area contributed by atoms with Gasteiger partial charge in [-0.05, 0) is 12.3 Å². The number of hydrogen-bond acceptors (Lipinski definition) is 2. The fraction of sp³-hybridized carbons (Fsp3) is 0.917. The Balaban J connectivity index is 1.57. The second kappa shape index (κ2) is 5.50. The Hall–Kier alpha value is -0.570. The number of hydrogen-bond donors (Lipinski definition) is 1. The molecule has 0 bridgehead atoms. The monoisotopic (exact) mass is 211 g/mol. The zero-order chi connectivity index (χ0) is 10.5. The first-order valence-electron chi connectivity index (χ1n) is 6.21. The quantitative estimate of drug-likeness (QED) is 0.771. The maximum atomic E-state index is 11.5. The largest absolute Gasteiger partial charge is 0.377 e. The van der Waals surface area contributed by atoms with E-state index in [0.717, 1.165) is 12.3 Å². The van der Waals surface area contributed by atoms with Crippen LogP contribution >= 0.6 is 0 Å². The maximum absolute atomic E-state index is 11.5. The third-order valence-corrected chi connectivity index (χ3v) is 3.51. The highest BCUT2D eigenvalue weighted by atomic mass is 16.5. The molecule has 3 heteroatoms. The highest BCUT2D eigenvalue weighted by Gasteiger charge is 2.21. The van der Waals surface area contributed by atoms with Gasteiger partial charge < -0.3 is 10.1 Å². The van der Waals surface area contributed by atoms with Crippen LogP contribution in [0.4, 0.5) is 0 Å². The van der Waals surface area contributed by atoms with Gasteiger partial charge in [0.05, 0.1) is 19.3 Å². The van der Waals surface area contributed by atoms with Crippen LogP contribution in [0.15, 0.2) is 0 Å². The summed E-state index contributed by atoms with van der Waals surface area (Å²) in [7, 11) is 0. The molecule has 15 heavy (non-hydrogen) atoms. The first-order valence-corrected chi connectivity index (χ1v) is 6.21. The Bertz CT molecular complexity index is 208. The Morgan fingerprint density at radius 1 is 1.20 bits per heavy atom. The Morgan fingerprint density at radius 2 is 1.93 bits per heavy atom. The third-order valence-electron chi connectivity index (χ3n) is 3.51. The molecule has 0 spiro atoms. The highest BCUT2D eigenvalue weighted by Crippen LogP contribution is 2.27. The molecular weight excluding hydrogens is 190 g/mol. The van der Waals surface area contributed by atoms with Crippen molar-refractivity contribution in [2.24, 2.45) is 5.92 Å². The summed E-state index contributed by atoms with van der Waals surface area (Å²) in [4.78, 5) is 11.5. The van der Waals surface area contributed by atoms with Crippen molar-refractivity contribution in [2.45, 2.75) is 51.0 Å². The smallest absolute Gasteiger partial charge is 0.220 e. The topological polar surface area (TPSA) is 38.3 Å². The fourth-order valence-corrected chi connectivity index (χ4v) is 2.43. The zero-order valence-electron chi connectivity index (χ0n) is 9.34. The number of ether oxygens (including phenoxy) is 1. The molecule has 1 aliphatic carbocycles. The summed E-state index contributed by atoms with van der Waals surface area (Å²) in [5, 5.41) is 2.99. The Morgan fingerprint density at radius 3 is 2.53 bits per heavy atom. The Labute approximate surface area is 91.6 Å². The number of nitrogens with one attached hydrogen (secondary N) is 1. The molecule has 2 aliphatic rings. The lowest BCUT2D eigenvalue weighted by molar-refractivity contribution is -0.125. The number of carbonyl (C=O) groups excluding carboxylic acids is 1. The lowest BCUT2D eigenvalue weighted by Crippen LogP contribution is -2.48. The second-order valence-electron chi connectivity index (χ2n) is 4.84. The number of carbonyl (C=O) groups is 1. The summed E-state index contributed by atoms with van der Waals surface area (Å²) in [5.41, 5.74) is 0. The van der Waals surface area contributed by atoms with Gasteiger partial charge >= 0.3 is 0 Å². The predicted molar refractivity (Wildman–Crippen MR) is 58.6 cm³/mol. The van der Waals surface area contributed by atoms with Crippen LogP contribution in [0, 0.1) is 5.92 Å². The number of rotatable bonds is 4. The van der Waals surface area contributed by atoms with E-state index in [4.69, 9.17) is 4.74 Å². The zero-order valence-corrected chi connectivity index (χ0v) is 9.34. The average molecular weight is 211 g/mol. The molecule has 1 amide bonds. The van der Waals surface area contributed by atoms with E-state index in [9.17, 15) is 4.79 Å². The summed E-state index contributed by atoms with van der Waals surface area (Å²) in [6, 6.07) is 0.295. The van der Waals surface area contributed by atoms with Gasteiger partial charge in [-0.2, -0.15) is 0 Å². The van der Waals surface area contributed by atoms with Crippen LogP contribution in [0.25, 0.3) is 0 Å². The van der Waals surface area contributed by atoms with Gasteiger partial charge in [0.25, 0.3) is 0 Å². The molecule has 0 aromatic rings. The standard InChI is InChI=1S/C12H21NO2/c14-12(13-11-8-15-9-11)7-6-10-4-2-1-3-5-10/h10-11H,1-9H2,(H,13,14). The number of amides is 1. The van der Waals surface area contributed by atoms with E-state index in [1.807, 2.05) is 0 Å². The van der Waals surface area contributed by atoms with Gasteiger partial charge in [-0.15, -0.1) is 0 Å². The van der Waals surface area contributed by atoms with Crippen molar-refractivity contribution >= 4 is 5.91 Å². The Kier molecular flexibility index (Phi) is 4.01. The summed E-state index contributed by atoms with van der Waals surface area (Å²) in [6.07, 6.45) is 8.58. The molecular formula is C12H21NO2. The van der Waals surface area contributed by atoms with E-state index < -0.39 is 0 Å². The molecule has 2 fully saturated rings. The van der Waals surface area contributed by atoms with Crippen LogP contribution in [0.2, 0.25) is 0 Å². The van der Waals surface area contributed by atoms with Crippen molar-refractivity contribution in [2.75, 3.05) is 13.2 Å². The van der Waals surface area contributed by atoms with Crippen LogP contribution in [0.5, 0.6) is 0 Å². The second-order valence-corrected chi connectivity index (χ2v) is 4.84. The maximum Gasteiger partial charge on any atom is 0.220 e. The minimum Gasteiger partial charge on any atom is -0.377 e. The molecule has 0 aromatic heterocycles. The van der Waals surface area contributed by atoms with E-state index in [0.29, 0.717) is 25.7 Å². The molecule has 3 nitrogen and oxygen atoms in total. The van der Waals surface area contributed by atoms with Crippen molar-refractivity contribution in [1.82, 2.24) is 5.32 Å². The molecule has 0 unspecified atom stereocenters. The van der Waals surface area contributed by atoms with Crippen molar-refractivity contribution in [3.8, 4) is 0 Å². The van der Waals surface area contributed by atoms with Crippen molar-refractivity contribution in [3.05, 3.63) is 0 Å². The molecule has 1 saturated heterocycles. The first kappa shape index (κ1) is 10.9. The molecule has 1 saturated carbocycles. The molecule has 1 N–H and O–H groups in total. The SMILES string of the molecule is O=C(CCC1CCCCC1)NC1COC1. The van der Waals surface area contributed by atoms with Gasteiger partial charge in [0.1, 0.15) is 0 Å². The fourth-order valence-electron chi connectivity index (χ4n) is 2.43. The lowest BCUT2D eigenvalue weighted by Gasteiger charge is -2.27. The molecule has 2 rings (SSSR count). The highest BCUT2D eigenvalue weighted by molar-refractivity contribution is 5.76. The van der Waals surface area contributed by atoms with Gasteiger partial charge in [0.15, 0.2) is 0 Å². The van der Waals surface area contributed by atoms with E-state index in [-0.39, 0.29) is 5.91 Å². The van der Waals surface area contributed by atoms with E-state index in [2.05, 4.69) is 5.32 Å². The summed E-state index contributed by atoms with van der Waals surface area (Å²) in [5.74, 6) is 1.02. The first-order chi connectivity index (χ1) is 7.34.